The van der Waals surface area contributed by atoms with Gasteiger partial charge < -0.3 is 14.3 Å². The van der Waals surface area contributed by atoms with Gasteiger partial charge in [0.15, 0.2) is 14.1 Å². The molecule has 0 bridgehead atoms. The Bertz CT molecular complexity index is 354. The van der Waals surface area contributed by atoms with Crippen LogP contribution in [0.3, 0.4) is 0 Å². The highest BCUT2D eigenvalue weighted by Crippen LogP contribution is 2.38. The van der Waals surface area contributed by atoms with Crippen molar-refractivity contribution in [2.24, 2.45) is 0 Å². The quantitative estimate of drug-likeness (QED) is 0.589. The fourth-order valence-electron chi connectivity index (χ4n) is 2.66. The topological polar surface area (TPSA) is 59.1 Å². The Morgan fingerprint density at radius 3 is 2.44 bits per heavy atom. The Morgan fingerprint density at radius 1 is 1.33 bits per heavy atom. The van der Waals surface area contributed by atoms with E-state index in [2.05, 4.69) is 20.8 Å². The molecule has 2 aliphatic rings. The van der Waals surface area contributed by atoms with Gasteiger partial charge in [-0.2, -0.15) is 0 Å². The third kappa shape index (κ3) is 2.32. The molecule has 1 heterocycles. The Kier molecular flexibility index (Phi) is 4.06. The van der Waals surface area contributed by atoms with E-state index in [1.54, 1.807) is 6.08 Å². The molecule has 0 radical (unpaired) electrons. The van der Waals surface area contributed by atoms with E-state index in [0.717, 1.165) is 18.1 Å². The Labute approximate surface area is 109 Å². The molecular weight excluding hydrogens is 248 g/mol. The molecule has 102 valence electrons. The molecule has 2 rings (SSSR count). The predicted octanol–water partition coefficient (Wildman–Crippen LogP) is 1.65. The molecule has 0 amide bonds. The molecule has 4 nitrogen and oxygen atoms in total. The number of hydrogen-bond donors (Lipinski definition) is 1. The number of Topliss-reactive ketones (excluding diaryl/α,β-unsaturated/α-hetero) is 1. The van der Waals surface area contributed by atoms with Crippen LogP contribution in [0.1, 0.15) is 20.8 Å². The fourth-order valence-corrected chi connectivity index (χ4v) is 5.44. The van der Waals surface area contributed by atoms with Gasteiger partial charge in [0.1, 0.15) is 12.2 Å². The van der Waals surface area contributed by atoms with Crippen molar-refractivity contribution in [3.05, 3.63) is 11.6 Å². The maximum Gasteiger partial charge on any atom is 0.193 e. The van der Waals surface area contributed by atoms with E-state index in [-0.39, 0.29) is 30.7 Å². The highest BCUT2D eigenvalue weighted by molar-refractivity contribution is 6.73. The van der Waals surface area contributed by atoms with Crippen LogP contribution in [0.4, 0.5) is 0 Å². The smallest absolute Gasteiger partial charge is 0.193 e. The third-order valence-corrected chi connectivity index (χ3v) is 8.92. The van der Waals surface area contributed by atoms with E-state index in [9.17, 15) is 9.90 Å². The second kappa shape index (κ2) is 5.25. The molecule has 18 heavy (non-hydrogen) atoms. The van der Waals surface area contributed by atoms with Crippen LogP contribution in [0.2, 0.25) is 18.1 Å². The summed E-state index contributed by atoms with van der Waals surface area (Å²) in [6.45, 7) is 6.31. The Balaban J connectivity index is 2.14. The van der Waals surface area contributed by atoms with Crippen molar-refractivity contribution in [2.45, 2.75) is 57.2 Å². The zero-order valence-electron chi connectivity index (χ0n) is 11.3. The normalized spacial score (nSPS) is 31.0. The van der Waals surface area contributed by atoms with Gasteiger partial charge in [-0.15, -0.1) is 0 Å². The SMILES string of the molecule is CC[Si](CC)(CC)O[C@@H]1C=C(CO)C(=O)[C@H]2O[C@H]21. The molecule has 0 saturated carbocycles. The van der Waals surface area contributed by atoms with Gasteiger partial charge in [0.05, 0.1) is 12.7 Å². The molecule has 0 aromatic carbocycles. The van der Waals surface area contributed by atoms with Crippen molar-refractivity contribution in [1.82, 2.24) is 0 Å². The molecular formula is C13H22O4Si. The molecule has 1 aliphatic carbocycles. The van der Waals surface area contributed by atoms with E-state index in [1.165, 1.54) is 0 Å². The molecule has 0 aromatic heterocycles. The third-order valence-electron chi connectivity index (χ3n) is 4.28. The predicted molar refractivity (Wildman–Crippen MR) is 70.9 cm³/mol. The summed E-state index contributed by atoms with van der Waals surface area (Å²) in [6.07, 6.45) is 1.17. The van der Waals surface area contributed by atoms with Gasteiger partial charge in [-0.3, -0.25) is 4.79 Å². The van der Waals surface area contributed by atoms with Crippen LogP contribution in [0, 0.1) is 0 Å². The lowest BCUT2D eigenvalue weighted by Gasteiger charge is -2.32. The lowest BCUT2D eigenvalue weighted by atomic mass is 9.97. The second-order valence-electron chi connectivity index (χ2n) is 5.06. The zero-order valence-corrected chi connectivity index (χ0v) is 12.3. The van der Waals surface area contributed by atoms with Gasteiger partial charge in [0, 0.05) is 5.57 Å². The molecule has 0 aromatic rings. The number of aliphatic hydroxyl groups is 1. The summed E-state index contributed by atoms with van der Waals surface area (Å²) < 4.78 is 11.7. The van der Waals surface area contributed by atoms with Gasteiger partial charge in [-0.25, -0.2) is 0 Å². The number of hydrogen-bond acceptors (Lipinski definition) is 4. The van der Waals surface area contributed by atoms with Crippen molar-refractivity contribution in [1.29, 1.82) is 0 Å². The van der Waals surface area contributed by atoms with E-state index >= 15 is 0 Å². The van der Waals surface area contributed by atoms with Crippen molar-refractivity contribution >= 4 is 14.1 Å². The summed E-state index contributed by atoms with van der Waals surface area (Å²) in [5.74, 6) is -0.0703. The van der Waals surface area contributed by atoms with Crippen LogP contribution < -0.4 is 0 Å². The van der Waals surface area contributed by atoms with Crippen LogP contribution in [0.5, 0.6) is 0 Å². The van der Waals surface area contributed by atoms with Gasteiger partial charge >= 0.3 is 0 Å². The first-order chi connectivity index (χ1) is 8.60. The molecule has 3 atom stereocenters. The van der Waals surface area contributed by atoms with Gasteiger partial charge in [-0.1, -0.05) is 20.8 Å². The zero-order chi connectivity index (χ0) is 13.3. The number of carbonyl (C=O) groups excluding carboxylic acids is 1. The first-order valence-corrected chi connectivity index (χ1v) is 9.32. The first-order valence-electron chi connectivity index (χ1n) is 6.79. The number of fused-ring (bicyclic) bond motifs is 1. The van der Waals surface area contributed by atoms with Crippen LogP contribution in [-0.4, -0.2) is 44.1 Å². The van der Waals surface area contributed by atoms with Crippen molar-refractivity contribution in [2.75, 3.05) is 6.61 Å². The maximum atomic E-state index is 11.7. The summed E-state index contributed by atoms with van der Waals surface area (Å²) in [5, 5.41) is 9.20. The van der Waals surface area contributed by atoms with Gasteiger partial charge in [0.25, 0.3) is 0 Å². The summed E-state index contributed by atoms with van der Waals surface area (Å²) in [7, 11) is -1.70. The molecule has 0 spiro atoms. The lowest BCUT2D eigenvalue weighted by Crippen LogP contribution is -2.43. The molecule has 1 aliphatic heterocycles. The maximum absolute atomic E-state index is 11.7. The van der Waals surface area contributed by atoms with E-state index in [0.29, 0.717) is 5.57 Å². The largest absolute Gasteiger partial charge is 0.408 e. The number of carbonyl (C=O) groups is 1. The minimum atomic E-state index is -1.70. The summed E-state index contributed by atoms with van der Waals surface area (Å²) in [5.41, 5.74) is 0.449. The molecule has 1 fully saturated rings. The van der Waals surface area contributed by atoms with E-state index in [4.69, 9.17) is 9.16 Å². The minimum absolute atomic E-state index is 0.0703. The van der Waals surface area contributed by atoms with Crippen LogP contribution >= 0.6 is 0 Å². The number of aliphatic hydroxyl groups excluding tert-OH is 1. The summed E-state index contributed by atoms with van der Waals surface area (Å²) in [4.78, 5) is 11.7. The number of epoxide rings is 1. The average Bonchev–Trinajstić information content (AvgIpc) is 3.20. The van der Waals surface area contributed by atoms with Crippen LogP contribution in [-0.2, 0) is 14.0 Å². The molecule has 1 N–H and O–H groups in total. The summed E-state index contributed by atoms with van der Waals surface area (Å²) >= 11 is 0. The molecule has 1 saturated heterocycles. The van der Waals surface area contributed by atoms with Crippen LogP contribution in [0.15, 0.2) is 11.6 Å². The lowest BCUT2D eigenvalue weighted by molar-refractivity contribution is -0.117. The minimum Gasteiger partial charge on any atom is -0.408 e. The van der Waals surface area contributed by atoms with E-state index in [1.807, 2.05) is 0 Å². The second-order valence-corrected chi connectivity index (χ2v) is 9.78. The van der Waals surface area contributed by atoms with E-state index < -0.39 is 8.32 Å². The van der Waals surface area contributed by atoms with Crippen molar-refractivity contribution in [3.8, 4) is 0 Å². The fraction of sp³-hybridized carbons (Fsp3) is 0.769. The van der Waals surface area contributed by atoms with Gasteiger partial charge in [-0.05, 0) is 24.2 Å². The Morgan fingerprint density at radius 2 is 1.94 bits per heavy atom. The number of rotatable bonds is 6. The van der Waals surface area contributed by atoms with Crippen molar-refractivity contribution < 1.29 is 19.1 Å². The van der Waals surface area contributed by atoms with Crippen LogP contribution in [0.25, 0.3) is 0 Å². The Hall–Kier alpha value is -0.493. The number of ketones is 1. The highest BCUT2D eigenvalue weighted by Gasteiger charge is 2.54. The van der Waals surface area contributed by atoms with Gasteiger partial charge in [0.2, 0.25) is 0 Å². The molecule has 5 heteroatoms. The number of ether oxygens (including phenoxy) is 1. The monoisotopic (exact) mass is 270 g/mol. The summed E-state index contributed by atoms with van der Waals surface area (Å²) in [6, 6.07) is 3.22. The highest BCUT2D eigenvalue weighted by atomic mass is 28.4. The first kappa shape index (κ1) is 13.9. The standard InChI is InChI=1S/C13H22O4Si/c1-4-18(5-2,6-3)17-10-7-9(8-14)11(15)13-12(10)16-13/h7,10,12-14H,4-6,8H2,1-3H3/t10-,12+,13-/m1/s1. The van der Waals surface area contributed by atoms with Crippen molar-refractivity contribution in [3.63, 3.8) is 0 Å². The molecule has 0 unspecified atom stereocenters. The average molecular weight is 270 g/mol.